The predicted octanol–water partition coefficient (Wildman–Crippen LogP) is 3.19. The van der Waals surface area contributed by atoms with Gasteiger partial charge in [-0.05, 0) is 38.7 Å². The fourth-order valence-electron chi connectivity index (χ4n) is 5.17. The molecule has 1 amide bonds. The normalized spacial score (nSPS) is 17.1. The first-order valence-electron chi connectivity index (χ1n) is 14.2. The van der Waals surface area contributed by atoms with Gasteiger partial charge in [0.1, 0.15) is 17.1 Å². The molecule has 46 heavy (non-hydrogen) atoms. The predicted molar refractivity (Wildman–Crippen MR) is 160 cm³/mol. The summed E-state index contributed by atoms with van der Waals surface area (Å²) in [5.41, 5.74) is -0.508. The van der Waals surface area contributed by atoms with Crippen molar-refractivity contribution in [3.63, 3.8) is 0 Å². The molecule has 0 radical (unpaired) electrons. The maximum atomic E-state index is 13.9. The quantitative estimate of drug-likeness (QED) is 0.255. The van der Waals surface area contributed by atoms with E-state index in [1.807, 2.05) is 0 Å². The number of primary sulfonamides is 1. The summed E-state index contributed by atoms with van der Waals surface area (Å²) < 4.78 is 72.2. The van der Waals surface area contributed by atoms with Crippen LogP contribution in [0.15, 0.2) is 54.3 Å². The molecule has 0 aromatic carbocycles. The molecule has 5 rings (SSSR count). The van der Waals surface area contributed by atoms with Gasteiger partial charge in [-0.15, -0.1) is 0 Å². The van der Waals surface area contributed by atoms with Crippen LogP contribution in [0.3, 0.4) is 0 Å². The standard InChI is InChI=1S/C28H31F3N10O4S/c1-3-45-16-25(42)41(24-14-34-23(13-35-24)18-10-37-40(2)15-18)20-6-4-19(5-7-20)38-27-36-12-22(28(29,30)31)26(39-27)17-8-21(11-33-9-17)46(32,43)44/h8-15,19-20H,3-7,16H2,1-2H3,(H2,32,43,44)(H,36,38,39). The number of nitrogens with one attached hydrogen (secondary N) is 1. The smallest absolute Gasteiger partial charge is 0.372 e. The fraction of sp³-hybridized carbons (Fsp3) is 0.393. The Morgan fingerprint density at radius 2 is 1.83 bits per heavy atom. The molecular formula is C28H31F3N10O4S. The Hall–Kier alpha value is -4.55. The van der Waals surface area contributed by atoms with E-state index in [4.69, 9.17) is 9.88 Å². The van der Waals surface area contributed by atoms with Crippen molar-refractivity contribution in [3.8, 4) is 22.5 Å². The number of hydrogen-bond acceptors (Lipinski definition) is 11. The summed E-state index contributed by atoms with van der Waals surface area (Å²) in [4.78, 5) is 35.1. The molecule has 0 bridgehead atoms. The minimum atomic E-state index is -4.82. The number of alkyl halides is 3. The Morgan fingerprint density at radius 3 is 2.43 bits per heavy atom. The number of aryl methyl sites for hydroxylation is 1. The second-order valence-electron chi connectivity index (χ2n) is 10.6. The Labute approximate surface area is 262 Å². The van der Waals surface area contributed by atoms with E-state index in [1.54, 1.807) is 42.1 Å². The summed E-state index contributed by atoms with van der Waals surface area (Å²) in [5, 5.41) is 12.4. The minimum absolute atomic E-state index is 0.0754. The highest BCUT2D eigenvalue weighted by molar-refractivity contribution is 7.89. The molecule has 1 saturated carbocycles. The van der Waals surface area contributed by atoms with Gasteiger partial charge in [0.05, 0.1) is 30.0 Å². The second kappa shape index (κ2) is 13.4. The Kier molecular flexibility index (Phi) is 9.59. The van der Waals surface area contributed by atoms with Gasteiger partial charge >= 0.3 is 6.18 Å². The molecular weight excluding hydrogens is 629 g/mol. The van der Waals surface area contributed by atoms with Gasteiger partial charge in [0.2, 0.25) is 16.0 Å². The van der Waals surface area contributed by atoms with Gasteiger partial charge < -0.3 is 10.1 Å². The molecule has 14 nitrogen and oxygen atoms in total. The van der Waals surface area contributed by atoms with Gasteiger partial charge in [-0.25, -0.2) is 28.5 Å². The lowest BCUT2D eigenvalue weighted by Crippen LogP contribution is -2.46. The van der Waals surface area contributed by atoms with Crippen LogP contribution in [0, 0.1) is 0 Å². The van der Waals surface area contributed by atoms with Crippen molar-refractivity contribution in [2.45, 2.75) is 55.8 Å². The van der Waals surface area contributed by atoms with Crippen molar-refractivity contribution in [2.24, 2.45) is 12.2 Å². The van der Waals surface area contributed by atoms with E-state index in [0.717, 1.165) is 24.0 Å². The number of ether oxygens (including phenoxy) is 1. The molecule has 0 unspecified atom stereocenters. The summed E-state index contributed by atoms with van der Waals surface area (Å²) in [6, 6.07) is 0.521. The lowest BCUT2D eigenvalue weighted by Gasteiger charge is -2.36. The minimum Gasteiger partial charge on any atom is -0.372 e. The Balaban J connectivity index is 1.33. The van der Waals surface area contributed by atoms with E-state index in [2.05, 4.69) is 35.3 Å². The third-order valence-corrected chi connectivity index (χ3v) is 8.27. The largest absolute Gasteiger partial charge is 0.419 e. The zero-order valence-corrected chi connectivity index (χ0v) is 25.7. The van der Waals surface area contributed by atoms with Crippen molar-refractivity contribution in [3.05, 3.63) is 55.0 Å². The molecule has 4 aromatic rings. The second-order valence-corrected chi connectivity index (χ2v) is 12.2. The number of sulfonamides is 1. The number of amides is 1. The SMILES string of the molecule is CCOCC(=O)N(c1cnc(-c2cnn(C)c2)cn1)C1CCC(Nc2ncc(C(F)(F)F)c(-c3cncc(S(N)(=O)=O)c3)n2)CC1. The molecule has 0 saturated heterocycles. The lowest BCUT2D eigenvalue weighted by molar-refractivity contribution is -0.137. The number of carbonyl (C=O) groups excluding carboxylic acids is 1. The summed E-state index contributed by atoms with van der Waals surface area (Å²) >= 11 is 0. The molecule has 0 aliphatic heterocycles. The van der Waals surface area contributed by atoms with E-state index in [9.17, 15) is 26.4 Å². The molecule has 1 aliphatic carbocycles. The number of anilines is 2. The number of pyridine rings is 1. The Bertz CT molecular complexity index is 1790. The van der Waals surface area contributed by atoms with Crippen molar-refractivity contribution in [2.75, 3.05) is 23.4 Å². The molecule has 1 aliphatic rings. The summed E-state index contributed by atoms with van der Waals surface area (Å²) in [6.07, 6.45) is 6.55. The average molecular weight is 661 g/mol. The van der Waals surface area contributed by atoms with Gasteiger partial charge in [-0.2, -0.15) is 18.3 Å². The first-order chi connectivity index (χ1) is 21.8. The summed E-state index contributed by atoms with van der Waals surface area (Å²) in [7, 11) is -2.43. The van der Waals surface area contributed by atoms with Crippen molar-refractivity contribution in [1.82, 2.24) is 34.7 Å². The number of carbonyl (C=O) groups is 1. The Morgan fingerprint density at radius 1 is 1.07 bits per heavy atom. The van der Waals surface area contributed by atoms with Crippen LogP contribution in [0.5, 0.6) is 0 Å². The monoisotopic (exact) mass is 660 g/mol. The molecule has 1 fully saturated rings. The molecule has 3 N–H and O–H groups in total. The number of nitrogens with zero attached hydrogens (tertiary/aromatic N) is 8. The van der Waals surface area contributed by atoms with E-state index >= 15 is 0 Å². The topological polar surface area (TPSA) is 184 Å². The molecule has 4 heterocycles. The van der Waals surface area contributed by atoms with E-state index in [0.29, 0.717) is 50.0 Å². The van der Waals surface area contributed by atoms with E-state index in [-0.39, 0.29) is 36.1 Å². The van der Waals surface area contributed by atoms with Gasteiger partial charge in [0.15, 0.2) is 5.82 Å². The third-order valence-electron chi connectivity index (χ3n) is 7.39. The van der Waals surface area contributed by atoms with Crippen LogP contribution in [-0.2, 0) is 32.8 Å². The van der Waals surface area contributed by atoms with Gasteiger partial charge in [0.25, 0.3) is 5.91 Å². The van der Waals surface area contributed by atoms with Crippen LogP contribution in [-0.4, -0.2) is 74.3 Å². The molecule has 244 valence electrons. The maximum absolute atomic E-state index is 13.9. The van der Waals surface area contributed by atoms with Gasteiger partial charge in [-0.3, -0.25) is 24.3 Å². The van der Waals surface area contributed by atoms with Gasteiger partial charge in [-0.1, -0.05) is 0 Å². The van der Waals surface area contributed by atoms with Crippen LogP contribution < -0.4 is 15.4 Å². The highest BCUT2D eigenvalue weighted by atomic mass is 32.2. The lowest BCUT2D eigenvalue weighted by atomic mass is 9.90. The van der Waals surface area contributed by atoms with Crippen molar-refractivity contribution >= 4 is 27.7 Å². The van der Waals surface area contributed by atoms with E-state index in [1.165, 1.54) is 6.20 Å². The number of halogens is 3. The number of rotatable bonds is 10. The molecule has 0 spiro atoms. The summed E-state index contributed by atoms with van der Waals surface area (Å²) in [6.45, 7) is 2.02. The highest BCUT2D eigenvalue weighted by Gasteiger charge is 2.36. The third kappa shape index (κ3) is 7.63. The van der Waals surface area contributed by atoms with Crippen LogP contribution in [0.4, 0.5) is 24.9 Å². The van der Waals surface area contributed by atoms with Crippen molar-refractivity contribution in [1.29, 1.82) is 0 Å². The zero-order valence-electron chi connectivity index (χ0n) is 24.8. The first kappa shape index (κ1) is 32.8. The van der Waals surface area contributed by atoms with Crippen LogP contribution >= 0.6 is 0 Å². The first-order valence-corrected chi connectivity index (χ1v) is 15.8. The molecule has 0 atom stereocenters. The zero-order chi connectivity index (χ0) is 33.1. The van der Waals surface area contributed by atoms with Crippen molar-refractivity contribution < 1.29 is 31.1 Å². The van der Waals surface area contributed by atoms with Gasteiger partial charge in [0, 0.05) is 61.7 Å². The fourth-order valence-corrected chi connectivity index (χ4v) is 5.67. The molecule has 18 heteroatoms. The number of aromatic nitrogens is 7. The van der Waals surface area contributed by atoms with Crippen LogP contribution in [0.1, 0.15) is 38.2 Å². The maximum Gasteiger partial charge on any atom is 0.419 e. The summed E-state index contributed by atoms with van der Waals surface area (Å²) in [5.74, 6) is 0.0288. The number of hydrogen-bond donors (Lipinski definition) is 2. The highest BCUT2D eigenvalue weighted by Crippen LogP contribution is 2.37. The van der Waals surface area contributed by atoms with Crippen LogP contribution in [0.25, 0.3) is 22.5 Å². The average Bonchev–Trinajstić information content (AvgIpc) is 3.46. The van der Waals surface area contributed by atoms with E-state index < -0.39 is 32.4 Å². The number of nitrogens with two attached hydrogens (primary N) is 1. The van der Waals surface area contributed by atoms with Crippen LogP contribution in [0.2, 0.25) is 0 Å². The molecule has 4 aromatic heterocycles.